The van der Waals surface area contributed by atoms with Crippen LogP contribution >= 0.6 is 0 Å². The summed E-state index contributed by atoms with van der Waals surface area (Å²) in [6.07, 6.45) is 6.04. The summed E-state index contributed by atoms with van der Waals surface area (Å²) in [5, 5.41) is 12.0. The van der Waals surface area contributed by atoms with Gasteiger partial charge < -0.3 is 4.42 Å². The van der Waals surface area contributed by atoms with Crippen molar-refractivity contribution in [1.82, 2.24) is 9.97 Å². The van der Waals surface area contributed by atoms with Gasteiger partial charge in [0.25, 0.3) is 0 Å². The second-order valence-electron chi connectivity index (χ2n) is 13.9. The maximum absolute atomic E-state index is 9.88. The Bertz CT molecular complexity index is 2620. The van der Waals surface area contributed by atoms with E-state index in [1.165, 1.54) is 47.1 Å². The highest BCUT2D eigenvalue weighted by atomic mass is 16.3. The molecule has 242 valence electrons. The van der Waals surface area contributed by atoms with E-state index in [1.54, 1.807) is 0 Å². The molecule has 0 aliphatic heterocycles. The number of nitrogens with zero attached hydrogens (tertiary/aromatic N) is 3. The van der Waals surface area contributed by atoms with Crippen LogP contribution in [0.3, 0.4) is 0 Å². The fourth-order valence-corrected chi connectivity index (χ4v) is 8.78. The third-order valence-electron chi connectivity index (χ3n) is 11.1. The monoisotopic (exact) mass is 655 g/mol. The van der Waals surface area contributed by atoms with Crippen molar-refractivity contribution in [1.29, 1.82) is 5.26 Å². The number of furan rings is 1. The molecule has 4 heteroatoms. The van der Waals surface area contributed by atoms with E-state index >= 15 is 0 Å². The zero-order valence-electron chi connectivity index (χ0n) is 28.1. The summed E-state index contributed by atoms with van der Waals surface area (Å²) < 4.78 is 6.69. The van der Waals surface area contributed by atoms with Crippen LogP contribution in [0.1, 0.15) is 48.8 Å². The molecule has 10 rings (SSSR count). The highest BCUT2D eigenvalue weighted by Gasteiger charge is 2.44. The van der Waals surface area contributed by atoms with Gasteiger partial charge in [-0.25, -0.2) is 9.97 Å². The van der Waals surface area contributed by atoms with E-state index in [0.717, 1.165) is 68.4 Å². The molecule has 51 heavy (non-hydrogen) atoms. The summed E-state index contributed by atoms with van der Waals surface area (Å²) in [5.74, 6) is 0.677. The van der Waals surface area contributed by atoms with E-state index in [4.69, 9.17) is 14.4 Å². The Balaban J connectivity index is 1.15. The lowest BCUT2D eigenvalue weighted by molar-refractivity contribution is 0.353. The molecule has 1 fully saturated rings. The number of fused-ring (bicyclic) bond motifs is 8. The smallest absolute Gasteiger partial charge is 0.160 e. The van der Waals surface area contributed by atoms with Crippen molar-refractivity contribution in [3.63, 3.8) is 0 Å². The van der Waals surface area contributed by atoms with Crippen molar-refractivity contribution in [2.24, 2.45) is 0 Å². The summed E-state index contributed by atoms with van der Waals surface area (Å²) in [5.41, 5.74) is 14.6. The van der Waals surface area contributed by atoms with E-state index in [2.05, 4.69) is 91.0 Å². The lowest BCUT2D eigenvalue weighted by Crippen LogP contribution is -2.28. The molecule has 0 bridgehead atoms. The van der Waals surface area contributed by atoms with Crippen molar-refractivity contribution in [2.45, 2.75) is 37.5 Å². The van der Waals surface area contributed by atoms with E-state index in [1.807, 2.05) is 54.6 Å². The molecule has 0 atom stereocenters. The zero-order chi connectivity index (χ0) is 33.9. The predicted molar refractivity (Wildman–Crippen MR) is 205 cm³/mol. The van der Waals surface area contributed by atoms with Crippen LogP contribution in [0.15, 0.2) is 144 Å². The Morgan fingerprint density at radius 1 is 0.549 bits per heavy atom. The fraction of sp³-hybridized carbons (Fsp3) is 0.128. The number of rotatable bonds is 4. The van der Waals surface area contributed by atoms with Crippen molar-refractivity contribution in [2.75, 3.05) is 0 Å². The molecule has 1 spiro atoms. The van der Waals surface area contributed by atoms with Gasteiger partial charge in [0.15, 0.2) is 5.82 Å². The first-order chi connectivity index (χ1) is 25.2. The molecule has 6 aromatic carbocycles. The molecular formula is C47H33N3O. The third kappa shape index (κ3) is 4.66. The summed E-state index contributed by atoms with van der Waals surface area (Å²) in [4.78, 5) is 10.1. The first-order valence-electron chi connectivity index (χ1n) is 17.8. The van der Waals surface area contributed by atoms with Crippen LogP contribution in [-0.2, 0) is 5.41 Å². The van der Waals surface area contributed by atoms with Gasteiger partial charge in [-0.05, 0) is 82.6 Å². The molecule has 2 aliphatic carbocycles. The summed E-state index contributed by atoms with van der Waals surface area (Å²) in [6, 6.07) is 50.9. The van der Waals surface area contributed by atoms with Gasteiger partial charge in [-0.2, -0.15) is 5.26 Å². The maximum Gasteiger partial charge on any atom is 0.160 e. The topological polar surface area (TPSA) is 62.7 Å². The zero-order valence-corrected chi connectivity index (χ0v) is 28.1. The van der Waals surface area contributed by atoms with Gasteiger partial charge in [0.05, 0.1) is 23.0 Å². The average molecular weight is 656 g/mol. The largest absolute Gasteiger partial charge is 0.455 e. The molecule has 0 radical (unpaired) electrons. The van der Waals surface area contributed by atoms with Gasteiger partial charge in [-0.15, -0.1) is 0 Å². The van der Waals surface area contributed by atoms with Crippen LogP contribution in [-0.4, -0.2) is 9.97 Å². The average Bonchev–Trinajstić information content (AvgIpc) is 3.71. The van der Waals surface area contributed by atoms with Crippen molar-refractivity contribution in [3.05, 3.63) is 156 Å². The molecule has 0 amide bonds. The second kappa shape index (κ2) is 11.6. The number of para-hydroxylation sites is 1. The standard InChI is InChI=1S/C47H33N3O/c48-29-30-20-22-39-38(26-30)44-34(16-11-19-40(44)47(39)24-8-3-9-25-47)33-21-23-43-37(27-33)35-17-10-18-36(45(35)51-43)42-28-41(31-12-4-1-5-13-31)49-46(50-42)32-14-6-2-7-15-32/h1-2,4-7,10-23,26-28H,3,8-9,24-25H2. The number of aromatic nitrogens is 2. The van der Waals surface area contributed by atoms with Crippen molar-refractivity contribution >= 4 is 21.9 Å². The molecule has 2 aliphatic rings. The molecule has 0 unspecified atom stereocenters. The summed E-state index contributed by atoms with van der Waals surface area (Å²) in [7, 11) is 0. The Hall–Kier alpha value is -6.31. The lowest BCUT2D eigenvalue weighted by Gasteiger charge is -2.36. The van der Waals surface area contributed by atoms with Gasteiger partial charge in [-0.1, -0.05) is 122 Å². The molecule has 1 saturated carbocycles. The first kappa shape index (κ1) is 29.6. The predicted octanol–water partition coefficient (Wildman–Crippen LogP) is 12.1. The van der Waals surface area contributed by atoms with Gasteiger partial charge in [0.1, 0.15) is 11.2 Å². The van der Waals surface area contributed by atoms with Crippen LogP contribution in [0.5, 0.6) is 0 Å². The number of nitriles is 1. The molecule has 8 aromatic rings. The normalized spacial score (nSPS) is 14.4. The van der Waals surface area contributed by atoms with Crippen LogP contribution in [0.2, 0.25) is 0 Å². The van der Waals surface area contributed by atoms with Crippen molar-refractivity contribution in [3.8, 4) is 62.2 Å². The van der Waals surface area contributed by atoms with Gasteiger partial charge in [0, 0.05) is 32.9 Å². The van der Waals surface area contributed by atoms with Crippen LogP contribution < -0.4 is 0 Å². The van der Waals surface area contributed by atoms with E-state index < -0.39 is 0 Å². The minimum Gasteiger partial charge on any atom is -0.455 e. The van der Waals surface area contributed by atoms with Gasteiger partial charge >= 0.3 is 0 Å². The first-order valence-corrected chi connectivity index (χ1v) is 17.8. The van der Waals surface area contributed by atoms with Gasteiger partial charge in [-0.3, -0.25) is 0 Å². The van der Waals surface area contributed by atoms with Crippen LogP contribution in [0, 0.1) is 11.3 Å². The SMILES string of the molecule is N#Cc1ccc2c(c1)-c1c(-c3ccc4oc5c(-c6cc(-c7ccccc7)nc(-c7ccccc7)n6)cccc5c4c3)cccc1C21CCCCC1. The maximum atomic E-state index is 9.88. The summed E-state index contributed by atoms with van der Waals surface area (Å²) >= 11 is 0. The molecule has 0 N–H and O–H groups in total. The van der Waals surface area contributed by atoms with Crippen LogP contribution in [0.25, 0.3) is 78.1 Å². The minimum absolute atomic E-state index is 0.0169. The quantitative estimate of drug-likeness (QED) is 0.189. The number of hydrogen-bond acceptors (Lipinski definition) is 4. The van der Waals surface area contributed by atoms with E-state index in [-0.39, 0.29) is 5.41 Å². The second-order valence-corrected chi connectivity index (χ2v) is 13.9. The molecule has 2 aromatic heterocycles. The highest BCUT2D eigenvalue weighted by Crippen LogP contribution is 2.58. The lowest BCUT2D eigenvalue weighted by atomic mass is 9.67. The van der Waals surface area contributed by atoms with Crippen molar-refractivity contribution < 1.29 is 4.42 Å². The Labute approximate surface area is 296 Å². The van der Waals surface area contributed by atoms with Crippen LogP contribution in [0.4, 0.5) is 0 Å². The molecular weight excluding hydrogens is 623 g/mol. The Morgan fingerprint density at radius 2 is 1.29 bits per heavy atom. The minimum atomic E-state index is 0.0169. The molecule has 4 nitrogen and oxygen atoms in total. The van der Waals surface area contributed by atoms with E-state index in [9.17, 15) is 5.26 Å². The van der Waals surface area contributed by atoms with Gasteiger partial charge in [0.2, 0.25) is 0 Å². The third-order valence-corrected chi connectivity index (χ3v) is 11.1. The Kier molecular flexibility index (Phi) is 6.76. The number of hydrogen-bond donors (Lipinski definition) is 0. The highest BCUT2D eigenvalue weighted by molar-refractivity contribution is 6.11. The molecule has 0 saturated heterocycles. The summed E-state index contributed by atoms with van der Waals surface area (Å²) in [6.45, 7) is 0. The number of benzene rings is 6. The fourth-order valence-electron chi connectivity index (χ4n) is 8.78. The van der Waals surface area contributed by atoms with E-state index in [0.29, 0.717) is 11.4 Å². The molecule has 2 heterocycles. The Morgan fingerprint density at radius 3 is 2.10 bits per heavy atom.